The lowest BCUT2D eigenvalue weighted by Crippen LogP contribution is -2.50. The van der Waals surface area contributed by atoms with Crippen LogP contribution in [0.3, 0.4) is 0 Å². The van der Waals surface area contributed by atoms with Crippen molar-refractivity contribution >= 4 is 26.1 Å². The number of hydrogen-bond acceptors (Lipinski definition) is 2. The molecule has 0 amide bonds. The Morgan fingerprint density at radius 1 is 1.20 bits per heavy atom. The molecule has 0 bridgehead atoms. The van der Waals surface area contributed by atoms with Crippen LogP contribution in [0.25, 0.3) is 0 Å². The number of hydrogen-bond donors (Lipinski definition) is 1. The summed E-state index contributed by atoms with van der Waals surface area (Å²) in [6.45, 7) is 3.25. The average Bonchev–Trinajstić information content (AvgIpc) is 2.47. The molecule has 1 aliphatic heterocycles. The van der Waals surface area contributed by atoms with E-state index < -0.39 is 10.2 Å². The van der Waals surface area contributed by atoms with E-state index in [-0.39, 0.29) is 11.5 Å². The minimum atomic E-state index is -3.32. The van der Waals surface area contributed by atoms with Crippen molar-refractivity contribution in [2.45, 2.75) is 64.3 Å². The van der Waals surface area contributed by atoms with E-state index in [0.29, 0.717) is 13.1 Å². The van der Waals surface area contributed by atoms with Gasteiger partial charge in [-0.2, -0.15) is 12.7 Å². The number of piperidine rings is 1. The second-order valence-corrected chi connectivity index (χ2v) is 8.74. The molecule has 1 N–H and O–H groups in total. The van der Waals surface area contributed by atoms with Crippen molar-refractivity contribution in [1.29, 1.82) is 0 Å². The van der Waals surface area contributed by atoms with E-state index in [1.54, 1.807) is 4.31 Å². The molecule has 1 heterocycles. The molecule has 1 unspecified atom stereocenters. The van der Waals surface area contributed by atoms with Crippen LogP contribution in [-0.4, -0.2) is 37.2 Å². The van der Waals surface area contributed by atoms with Crippen molar-refractivity contribution in [2.75, 3.05) is 18.4 Å². The fourth-order valence-electron chi connectivity index (χ4n) is 3.42. The van der Waals surface area contributed by atoms with Crippen molar-refractivity contribution in [1.82, 2.24) is 9.03 Å². The van der Waals surface area contributed by atoms with Gasteiger partial charge in [0.05, 0.1) is 0 Å². The minimum absolute atomic E-state index is 0.115. The molecule has 118 valence electrons. The fourth-order valence-corrected chi connectivity index (χ4v) is 5.78. The molecule has 4 nitrogen and oxygen atoms in total. The minimum Gasteiger partial charge on any atom is -0.202 e. The van der Waals surface area contributed by atoms with E-state index >= 15 is 0 Å². The van der Waals surface area contributed by atoms with Gasteiger partial charge in [-0.05, 0) is 38.0 Å². The Labute approximate surface area is 132 Å². The summed E-state index contributed by atoms with van der Waals surface area (Å²) in [5, 5.41) is 0.887. The monoisotopic (exact) mass is 366 g/mol. The van der Waals surface area contributed by atoms with E-state index in [4.69, 9.17) is 0 Å². The highest BCUT2D eigenvalue weighted by Gasteiger charge is 2.35. The highest BCUT2D eigenvalue weighted by molar-refractivity contribution is 9.09. The summed E-state index contributed by atoms with van der Waals surface area (Å²) in [6.07, 6.45) is 9.05. The largest absolute Gasteiger partial charge is 0.279 e. The molecule has 0 radical (unpaired) electrons. The lowest BCUT2D eigenvalue weighted by molar-refractivity contribution is 0.220. The van der Waals surface area contributed by atoms with Gasteiger partial charge in [0.1, 0.15) is 0 Å². The Hall–Kier alpha value is 0.350. The normalized spacial score (nSPS) is 28.4. The average molecular weight is 367 g/mol. The van der Waals surface area contributed by atoms with Crippen molar-refractivity contribution in [3.63, 3.8) is 0 Å². The van der Waals surface area contributed by atoms with Crippen molar-refractivity contribution in [2.24, 2.45) is 5.41 Å². The third-order valence-electron chi connectivity index (χ3n) is 4.88. The molecule has 1 atom stereocenters. The van der Waals surface area contributed by atoms with Gasteiger partial charge in [0.2, 0.25) is 0 Å². The predicted molar refractivity (Wildman–Crippen MR) is 86.3 cm³/mol. The zero-order chi connectivity index (χ0) is 14.6. The maximum Gasteiger partial charge on any atom is 0.279 e. The highest BCUT2D eigenvalue weighted by Crippen LogP contribution is 2.37. The molecule has 2 rings (SSSR count). The summed E-state index contributed by atoms with van der Waals surface area (Å²) < 4.78 is 29.5. The summed E-state index contributed by atoms with van der Waals surface area (Å²) in [6, 6.07) is 0.132. The van der Waals surface area contributed by atoms with Gasteiger partial charge >= 0.3 is 0 Å². The first-order valence-electron chi connectivity index (χ1n) is 7.82. The Balaban J connectivity index is 1.97. The van der Waals surface area contributed by atoms with Crippen LogP contribution in [0.4, 0.5) is 0 Å². The number of alkyl halides is 1. The molecule has 20 heavy (non-hydrogen) atoms. The molecule has 0 spiro atoms. The van der Waals surface area contributed by atoms with Crippen LogP contribution in [0.5, 0.6) is 0 Å². The summed E-state index contributed by atoms with van der Waals surface area (Å²) in [7, 11) is -3.32. The number of halogens is 1. The van der Waals surface area contributed by atoms with Crippen molar-refractivity contribution < 1.29 is 8.42 Å². The molecule has 2 aliphatic rings. The van der Waals surface area contributed by atoms with Crippen LogP contribution in [0.2, 0.25) is 0 Å². The Morgan fingerprint density at radius 3 is 2.50 bits per heavy atom. The Morgan fingerprint density at radius 2 is 1.90 bits per heavy atom. The third-order valence-corrected chi connectivity index (χ3v) is 7.74. The van der Waals surface area contributed by atoms with Gasteiger partial charge in [0.15, 0.2) is 0 Å². The second kappa shape index (κ2) is 7.07. The van der Waals surface area contributed by atoms with Gasteiger partial charge < -0.3 is 0 Å². The Bertz CT molecular complexity index is 407. The summed E-state index contributed by atoms with van der Waals surface area (Å²) >= 11 is 3.60. The second-order valence-electron chi connectivity index (χ2n) is 6.48. The summed E-state index contributed by atoms with van der Waals surface area (Å²) in [5.41, 5.74) is 0.115. The van der Waals surface area contributed by atoms with Gasteiger partial charge in [0, 0.05) is 24.5 Å². The van der Waals surface area contributed by atoms with Crippen LogP contribution in [0, 0.1) is 5.41 Å². The molecular weight excluding hydrogens is 340 g/mol. The fraction of sp³-hybridized carbons (Fsp3) is 1.00. The smallest absolute Gasteiger partial charge is 0.202 e. The highest BCUT2D eigenvalue weighted by atomic mass is 79.9. The van der Waals surface area contributed by atoms with Gasteiger partial charge in [-0.1, -0.05) is 41.6 Å². The van der Waals surface area contributed by atoms with E-state index in [1.807, 2.05) is 6.92 Å². The lowest BCUT2D eigenvalue weighted by Gasteiger charge is -2.38. The van der Waals surface area contributed by atoms with Gasteiger partial charge in [-0.25, -0.2) is 4.72 Å². The van der Waals surface area contributed by atoms with E-state index in [0.717, 1.165) is 37.4 Å². The molecule has 6 heteroatoms. The van der Waals surface area contributed by atoms with Crippen molar-refractivity contribution in [3.05, 3.63) is 0 Å². The SMILES string of the molecule is CC1CCCCN1S(=O)(=O)NCC1(CBr)CCCCC1. The molecule has 1 saturated carbocycles. The van der Waals surface area contributed by atoms with Crippen LogP contribution < -0.4 is 4.72 Å². The van der Waals surface area contributed by atoms with Gasteiger partial charge in [0.25, 0.3) is 10.2 Å². The lowest BCUT2D eigenvalue weighted by atomic mass is 9.76. The van der Waals surface area contributed by atoms with Crippen LogP contribution in [0.1, 0.15) is 58.3 Å². The maximum absolute atomic E-state index is 12.5. The van der Waals surface area contributed by atoms with E-state index in [2.05, 4.69) is 20.7 Å². The van der Waals surface area contributed by atoms with Crippen LogP contribution in [0.15, 0.2) is 0 Å². The van der Waals surface area contributed by atoms with Gasteiger partial charge in [-0.3, -0.25) is 0 Å². The predicted octanol–water partition coefficient (Wildman–Crippen LogP) is 3.04. The zero-order valence-corrected chi connectivity index (χ0v) is 14.8. The Kier molecular flexibility index (Phi) is 5.91. The standard InChI is InChI=1S/C14H27BrN2O2S/c1-13-7-3-6-10-17(13)20(18,19)16-12-14(11-15)8-4-2-5-9-14/h13,16H,2-12H2,1H3. The maximum atomic E-state index is 12.5. The van der Waals surface area contributed by atoms with E-state index in [9.17, 15) is 8.42 Å². The molecule has 1 saturated heterocycles. The quantitative estimate of drug-likeness (QED) is 0.760. The van der Waals surface area contributed by atoms with Crippen LogP contribution in [-0.2, 0) is 10.2 Å². The zero-order valence-electron chi connectivity index (χ0n) is 12.4. The van der Waals surface area contributed by atoms with Gasteiger partial charge in [-0.15, -0.1) is 0 Å². The molecule has 0 aromatic carbocycles. The summed E-state index contributed by atoms with van der Waals surface area (Å²) in [5.74, 6) is 0. The molecule has 0 aromatic heterocycles. The van der Waals surface area contributed by atoms with Crippen molar-refractivity contribution in [3.8, 4) is 0 Å². The number of nitrogens with zero attached hydrogens (tertiary/aromatic N) is 1. The third kappa shape index (κ3) is 3.96. The summed E-state index contributed by atoms with van der Waals surface area (Å²) in [4.78, 5) is 0. The molecular formula is C14H27BrN2O2S. The number of nitrogens with one attached hydrogen (secondary N) is 1. The first kappa shape index (κ1) is 16.7. The number of rotatable bonds is 5. The molecule has 1 aliphatic carbocycles. The van der Waals surface area contributed by atoms with E-state index in [1.165, 1.54) is 19.3 Å². The molecule has 2 fully saturated rings. The first-order chi connectivity index (χ1) is 9.49. The molecule has 0 aromatic rings. The van der Waals surface area contributed by atoms with Crippen LogP contribution >= 0.6 is 15.9 Å². The first-order valence-corrected chi connectivity index (χ1v) is 10.4. The topological polar surface area (TPSA) is 49.4 Å².